The Morgan fingerprint density at radius 3 is 3.00 bits per heavy atom. The highest BCUT2D eigenvalue weighted by atomic mass is 32.1. The van der Waals surface area contributed by atoms with Crippen LogP contribution in [0.1, 0.15) is 4.88 Å². The molecule has 5 heteroatoms. The van der Waals surface area contributed by atoms with Crippen molar-refractivity contribution < 1.29 is 0 Å². The van der Waals surface area contributed by atoms with Crippen LogP contribution in [-0.2, 0) is 6.54 Å². The Labute approximate surface area is 109 Å². The SMILES string of the molecule is c1csc(-c2ncc(CN3CCNCC3)s2)c1. The maximum absolute atomic E-state index is 4.51. The molecule has 3 heterocycles. The van der Waals surface area contributed by atoms with Crippen LogP contribution in [0.25, 0.3) is 9.88 Å². The third-order valence-corrected chi connectivity index (χ3v) is 4.90. The predicted molar refractivity (Wildman–Crippen MR) is 73.6 cm³/mol. The van der Waals surface area contributed by atoms with Crippen LogP contribution in [-0.4, -0.2) is 36.1 Å². The second-order valence-corrected chi connectivity index (χ2v) is 6.20. The first-order chi connectivity index (χ1) is 8.42. The molecule has 1 saturated heterocycles. The molecular weight excluding hydrogens is 250 g/mol. The van der Waals surface area contributed by atoms with E-state index in [1.165, 1.54) is 9.75 Å². The number of nitrogens with zero attached hydrogens (tertiary/aromatic N) is 2. The van der Waals surface area contributed by atoms with Gasteiger partial charge in [-0.3, -0.25) is 4.90 Å². The van der Waals surface area contributed by atoms with E-state index in [0.29, 0.717) is 0 Å². The molecule has 90 valence electrons. The van der Waals surface area contributed by atoms with Gasteiger partial charge in [0.25, 0.3) is 0 Å². The van der Waals surface area contributed by atoms with E-state index in [-0.39, 0.29) is 0 Å². The van der Waals surface area contributed by atoms with Crippen molar-refractivity contribution in [2.75, 3.05) is 26.2 Å². The number of piperazine rings is 1. The minimum atomic E-state index is 1.05. The summed E-state index contributed by atoms with van der Waals surface area (Å²) < 4.78 is 0. The van der Waals surface area contributed by atoms with E-state index in [2.05, 4.69) is 32.7 Å². The molecule has 17 heavy (non-hydrogen) atoms. The van der Waals surface area contributed by atoms with Gasteiger partial charge >= 0.3 is 0 Å². The van der Waals surface area contributed by atoms with E-state index in [9.17, 15) is 0 Å². The van der Waals surface area contributed by atoms with E-state index in [4.69, 9.17) is 0 Å². The lowest BCUT2D eigenvalue weighted by Crippen LogP contribution is -2.42. The van der Waals surface area contributed by atoms with Crippen molar-refractivity contribution in [2.45, 2.75) is 6.54 Å². The monoisotopic (exact) mass is 265 g/mol. The van der Waals surface area contributed by atoms with Gasteiger partial charge in [-0.15, -0.1) is 22.7 Å². The van der Waals surface area contributed by atoms with E-state index >= 15 is 0 Å². The van der Waals surface area contributed by atoms with Crippen molar-refractivity contribution >= 4 is 22.7 Å². The second kappa shape index (κ2) is 5.27. The van der Waals surface area contributed by atoms with E-state index in [1.807, 2.05) is 17.5 Å². The Bertz CT molecular complexity index is 458. The van der Waals surface area contributed by atoms with Gasteiger partial charge in [0.15, 0.2) is 0 Å². The molecule has 1 aliphatic heterocycles. The molecule has 0 radical (unpaired) electrons. The minimum Gasteiger partial charge on any atom is -0.314 e. The maximum atomic E-state index is 4.51. The first kappa shape index (κ1) is 11.3. The molecule has 0 aromatic carbocycles. The van der Waals surface area contributed by atoms with Crippen LogP contribution in [0.3, 0.4) is 0 Å². The molecule has 0 unspecified atom stereocenters. The van der Waals surface area contributed by atoms with Crippen LogP contribution >= 0.6 is 22.7 Å². The van der Waals surface area contributed by atoms with Gasteiger partial charge in [0.1, 0.15) is 5.01 Å². The van der Waals surface area contributed by atoms with Crippen LogP contribution in [0, 0.1) is 0 Å². The van der Waals surface area contributed by atoms with Gasteiger partial charge in [-0.05, 0) is 11.4 Å². The zero-order valence-corrected chi connectivity index (χ0v) is 11.2. The fourth-order valence-corrected chi connectivity index (χ4v) is 3.74. The summed E-state index contributed by atoms with van der Waals surface area (Å²) in [6, 6.07) is 4.22. The smallest absolute Gasteiger partial charge is 0.133 e. The summed E-state index contributed by atoms with van der Waals surface area (Å²) >= 11 is 3.58. The lowest BCUT2D eigenvalue weighted by molar-refractivity contribution is 0.235. The van der Waals surface area contributed by atoms with Gasteiger partial charge in [-0.1, -0.05) is 6.07 Å². The van der Waals surface area contributed by atoms with Gasteiger partial charge in [-0.2, -0.15) is 0 Å². The zero-order chi connectivity index (χ0) is 11.5. The van der Waals surface area contributed by atoms with Gasteiger partial charge < -0.3 is 5.32 Å². The highest BCUT2D eigenvalue weighted by Gasteiger charge is 2.12. The van der Waals surface area contributed by atoms with Crippen molar-refractivity contribution in [1.82, 2.24) is 15.2 Å². The largest absolute Gasteiger partial charge is 0.314 e. The highest BCUT2D eigenvalue weighted by Crippen LogP contribution is 2.29. The van der Waals surface area contributed by atoms with Gasteiger partial charge in [0.2, 0.25) is 0 Å². The number of nitrogens with one attached hydrogen (secondary N) is 1. The van der Waals surface area contributed by atoms with Gasteiger partial charge in [0, 0.05) is 43.8 Å². The normalized spacial score (nSPS) is 17.4. The fraction of sp³-hybridized carbons (Fsp3) is 0.417. The van der Waals surface area contributed by atoms with Gasteiger partial charge in [0.05, 0.1) is 4.88 Å². The van der Waals surface area contributed by atoms with Crippen molar-refractivity contribution in [3.05, 3.63) is 28.6 Å². The fourth-order valence-electron chi connectivity index (χ4n) is 1.98. The Morgan fingerprint density at radius 1 is 1.35 bits per heavy atom. The molecule has 1 fully saturated rings. The number of rotatable bonds is 3. The molecule has 0 atom stereocenters. The molecular formula is C12H15N3S2. The molecule has 0 saturated carbocycles. The van der Waals surface area contributed by atoms with Crippen LogP contribution in [0.15, 0.2) is 23.7 Å². The molecule has 1 N–H and O–H groups in total. The zero-order valence-electron chi connectivity index (χ0n) is 9.56. The lowest BCUT2D eigenvalue weighted by atomic mass is 10.3. The van der Waals surface area contributed by atoms with E-state index < -0.39 is 0 Å². The van der Waals surface area contributed by atoms with Crippen LogP contribution < -0.4 is 5.32 Å². The van der Waals surface area contributed by atoms with Crippen LogP contribution in [0.5, 0.6) is 0 Å². The number of thiophene rings is 1. The first-order valence-corrected chi connectivity index (χ1v) is 7.53. The maximum Gasteiger partial charge on any atom is 0.133 e. The topological polar surface area (TPSA) is 28.2 Å². The minimum absolute atomic E-state index is 1.05. The van der Waals surface area contributed by atoms with Gasteiger partial charge in [-0.25, -0.2) is 4.98 Å². The first-order valence-electron chi connectivity index (χ1n) is 5.83. The molecule has 0 aliphatic carbocycles. The lowest BCUT2D eigenvalue weighted by Gasteiger charge is -2.26. The summed E-state index contributed by atoms with van der Waals surface area (Å²) in [5, 5.41) is 6.64. The van der Waals surface area contributed by atoms with Crippen molar-refractivity contribution in [2.24, 2.45) is 0 Å². The van der Waals surface area contributed by atoms with Crippen molar-refractivity contribution in [3.8, 4) is 9.88 Å². The second-order valence-electron chi connectivity index (χ2n) is 4.14. The molecule has 2 aromatic heterocycles. The number of thiazole rings is 1. The Kier molecular flexibility index (Phi) is 3.51. The molecule has 0 bridgehead atoms. The Morgan fingerprint density at radius 2 is 2.24 bits per heavy atom. The number of aromatic nitrogens is 1. The Balaban J connectivity index is 1.68. The summed E-state index contributed by atoms with van der Waals surface area (Å²) in [4.78, 5) is 9.65. The predicted octanol–water partition coefficient (Wildman–Crippen LogP) is 2.28. The third kappa shape index (κ3) is 2.74. The van der Waals surface area contributed by atoms with Crippen molar-refractivity contribution in [3.63, 3.8) is 0 Å². The van der Waals surface area contributed by atoms with Crippen LogP contribution in [0.4, 0.5) is 0 Å². The summed E-state index contributed by atoms with van der Waals surface area (Å²) in [7, 11) is 0. The van der Waals surface area contributed by atoms with Crippen molar-refractivity contribution in [1.29, 1.82) is 0 Å². The quantitative estimate of drug-likeness (QED) is 0.923. The van der Waals surface area contributed by atoms with Crippen LogP contribution in [0.2, 0.25) is 0 Å². The third-order valence-electron chi connectivity index (χ3n) is 2.87. The molecule has 3 nitrogen and oxygen atoms in total. The summed E-state index contributed by atoms with van der Waals surface area (Å²) in [5.74, 6) is 0. The number of hydrogen-bond donors (Lipinski definition) is 1. The Hall–Kier alpha value is -0.750. The molecule has 1 aliphatic rings. The van der Waals surface area contributed by atoms with E-state index in [1.54, 1.807) is 11.3 Å². The molecule has 3 rings (SSSR count). The molecule has 0 spiro atoms. The van der Waals surface area contributed by atoms with E-state index in [0.717, 1.165) is 37.7 Å². The standard InChI is InChI=1S/C12H15N3S2/c1-2-11(16-7-1)12-14-8-10(17-12)9-15-5-3-13-4-6-15/h1-2,7-8,13H,3-6,9H2. The summed E-state index contributed by atoms with van der Waals surface area (Å²) in [5.41, 5.74) is 0. The highest BCUT2D eigenvalue weighted by molar-refractivity contribution is 7.20. The summed E-state index contributed by atoms with van der Waals surface area (Å²) in [6.07, 6.45) is 2.03. The average Bonchev–Trinajstić information content (AvgIpc) is 3.00. The number of hydrogen-bond acceptors (Lipinski definition) is 5. The molecule has 2 aromatic rings. The average molecular weight is 265 g/mol. The summed E-state index contributed by atoms with van der Waals surface area (Å²) in [6.45, 7) is 5.55. The molecule has 0 amide bonds.